The van der Waals surface area contributed by atoms with Crippen LogP contribution < -0.4 is 10.2 Å². The molecule has 2 rings (SSSR count). The van der Waals surface area contributed by atoms with Crippen LogP contribution in [0.4, 0.5) is 5.82 Å². The maximum absolute atomic E-state index is 11.5. The predicted molar refractivity (Wildman–Crippen MR) is 62.2 cm³/mol. The number of aromatic nitrogens is 2. The van der Waals surface area contributed by atoms with Crippen molar-refractivity contribution in [3.05, 3.63) is 17.0 Å². The Labute approximate surface area is 103 Å². The molecule has 1 aromatic heterocycles. The lowest BCUT2D eigenvalue weighted by Crippen LogP contribution is -2.54. The first-order chi connectivity index (χ1) is 8.15. The van der Waals surface area contributed by atoms with Crippen molar-refractivity contribution in [1.82, 2.24) is 15.3 Å². The minimum atomic E-state index is -0.381. The fraction of sp³-hybridized carbons (Fsp3) is 0.400. The molecule has 90 valence electrons. The number of rotatable bonds is 2. The quantitative estimate of drug-likeness (QED) is 0.606. The first-order valence-corrected chi connectivity index (χ1v) is 5.53. The Morgan fingerprint density at radius 3 is 3.06 bits per heavy atom. The standard InChI is InChI=1S/C10H11ClN4O2/c1-6-10(17)12-2-3-15(6)9-7(4-16)8(11)13-5-14-9/h4-6H,2-3H2,1H3,(H,12,17). The van der Waals surface area contributed by atoms with Gasteiger partial charge in [-0.25, -0.2) is 9.97 Å². The van der Waals surface area contributed by atoms with Crippen molar-refractivity contribution in [2.45, 2.75) is 13.0 Å². The number of anilines is 1. The Hall–Kier alpha value is -1.69. The lowest BCUT2D eigenvalue weighted by atomic mass is 10.2. The number of nitrogens with zero attached hydrogens (tertiary/aromatic N) is 3. The van der Waals surface area contributed by atoms with E-state index in [1.54, 1.807) is 11.8 Å². The molecule has 1 aliphatic heterocycles. The molecule has 1 aliphatic rings. The molecule has 1 saturated heterocycles. The summed E-state index contributed by atoms with van der Waals surface area (Å²) in [5.74, 6) is 0.310. The normalized spacial score (nSPS) is 20.0. The molecule has 1 amide bonds. The maximum atomic E-state index is 11.5. The summed E-state index contributed by atoms with van der Waals surface area (Å²) in [6.45, 7) is 2.85. The third-order valence-corrected chi connectivity index (χ3v) is 3.00. The van der Waals surface area contributed by atoms with Crippen LogP contribution in [0.5, 0.6) is 0 Å². The molecule has 1 fully saturated rings. The number of amides is 1. The van der Waals surface area contributed by atoms with Gasteiger partial charge in [0.2, 0.25) is 5.91 Å². The maximum Gasteiger partial charge on any atom is 0.242 e. The van der Waals surface area contributed by atoms with E-state index in [1.807, 2.05) is 0 Å². The van der Waals surface area contributed by atoms with Gasteiger partial charge >= 0.3 is 0 Å². The zero-order valence-electron chi connectivity index (χ0n) is 9.18. The molecular weight excluding hydrogens is 244 g/mol. The number of hydrogen-bond acceptors (Lipinski definition) is 5. The third-order valence-electron chi connectivity index (χ3n) is 2.70. The van der Waals surface area contributed by atoms with Gasteiger partial charge in [0, 0.05) is 13.1 Å². The van der Waals surface area contributed by atoms with Crippen molar-refractivity contribution in [1.29, 1.82) is 0 Å². The molecule has 0 bridgehead atoms. The number of nitrogens with one attached hydrogen (secondary N) is 1. The van der Waals surface area contributed by atoms with Gasteiger partial charge in [-0.15, -0.1) is 0 Å². The molecule has 0 aliphatic carbocycles. The molecule has 1 atom stereocenters. The van der Waals surface area contributed by atoms with Crippen molar-refractivity contribution in [3.63, 3.8) is 0 Å². The Morgan fingerprint density at radius 2 is 2.35 bits per heavy atom. The summed E-state index contributed by atoms with van der Waals surface area (Å²) in [7, 11) is 0. The molecular formula is C10H11ClN4O2. The number of carbonyl (C=O) groups is 2. The Balaban J connectivity index is 2.42. The number of carbonyl (C=O) groups excluding carboxylic acids is 2. The molecule has 17 heavy (non-hydrogen) atoms. The van der Waals surface area contributed by atoms with Gasteiger partial charge < -0.3 is 10.2 Å². The highest BCUT2D eigenvalue weighted by Gasteiger charge is 2.28. The van der Waals surface area contributed by atoms with E-state index in [2.05, 4.69) is 15.3 Å². The lowest BCUT2D eigenvalue weighted by molar-refractivity contribution is -0.122. The Morgan fingerprint density at radius 1 is 1.59 bits per heavy atom. The minimum absolute atomic E-state index is 0.0946. The van der Waals surface area contributed by atoms with Crippen LogP contribution in [0.3, 0.4) is 0 Å². The number of hydrogen-bond donors (Lipinski definition) is 1. The monoisotopic (exact) mass is 254 g/mol. The van der Waals surface area contributed by atoms with Crippen LogP contribution in [-0.4, -0.2) is 41.3 Å². The second-order valence-corrected chi connectivity index (χ2v) is 4.04. The molecule has 0 saturated carbocycles. The van der Waals surface area contributed by atoms with Crippen LogP contribution >= 0.6 is 11.6 Å². The average Bonchev–Trinajstić information content (AvgIpc) is 2.32. The largest absolute Gasteiger partial charge is 0.353 e. The van der Waals surface area contributed by atoms with Crippen LogP contribution in [0.15, 0.2) is 6.33 Å². The van der Waals surface area contributed by atoms with Gasteiger partial charge in [0.15, 0.2) is 6.29 Å². The highest BCUT2D eigenvalue weighted by Crippen LogP contribution is 2.23. The number of piperazine rings is 1. The van der Waals surface area contributed by atoms with Gasteiger partial charge in [0.1, 0.15) is 23.3 Å². The van der Waals surface area contributed by atoms with Gasteiger partial charge in [0.05, 0.1) is 5.56 Å². The van der Waals surface area contributed by atoms with Crippen LogP contribution in [0.1, 0.15) is 17.3 Å². The topological polar surface area (TPSA) is 75.2 Å². The number of halogens is 1. The summed E-state index contributed by atoms with van der Waals surface area (Å²) in [5.41, 5.74) is 0.218. The van der Waals surface area contributed by atoms with E-state index in [0.29, 0.717) is 25.2 Å². The van der Waals surface area contributed by atoms with E-state index < -0.39 is 0 Å². The first-order valence-electron chi connectivity index (χ1n) is 5.15. The van der Waals surface area contributed by atoms with E-state index in [0.717, 1.165) is 0 Å². The average molecular weight is 255 g/mol. The van der Waals surface area contributed by atoms with Crippen LogP contribution in [0.2, 0.25) is 5.15 Å². The summed E-state index contributed by atoms with van der Waals surface area (Å²) in [5, 5.41) is 2.84. The van der Waals surface area contributed by atoms with Gasteiger partial charge in [-0.1, -0.05) is 11.6 Å². The summed E-state index contributed by atoms with van der Waals surface area (Å²) >= 11 is 5.82. The van der Waals surface area contributed by atoms with Crippen LogP contribution in [0.25, 0.3) is 0 Å². The molecule has 0 radical (unpaired) electrons. The first kappa shape index (κ1) is 11.8. The minimum Gasteiger partial charge on any atom is -0.353 e. The molecule has 0 aromatic carbocycles. The summed E-state index contributed by atoms with van der Waals surface area (Å²) in [6, 6.07) is -0.381. The van der Waals surface area contributed by atoms with Crippen molar-refractivity contribution in [2.24, 2.45) is 0 Å². The van der Waals surface area contributed by atoms with E-state index >= 15 is 0 Å². The highest BCUT2D eigenvalue weighted by atomic mass is 35.5. The molecule has 1 aromatic rings. The smallest absolute Gasteiger partial charge is 0.242 e. The van der Waals surface area contributed by atoms with E-state index in [-0.39, 0.29) is 22.7 Å². The number of aldehydes is 1. The molecule has 2 heterocycles. The Kier molecular flexibility index (Phi) is 3.23. The van der Waals surface area contributed by atoms with Crippen LogP contribution in [-0.2, 0) is 4.79 Å². The van der Waals surface area contributed by atoms with Crippen molar-refractivity contribution in [3.8, 4) is 0 Å². The van der Waals surface area contributed by atoms with Crippen molar-refractivity contribution < 1.29 is 9.59 Å². The summed E-state index contributed by atoms with van der Waals surface area (Å²) < 4.78 is 0. The molecule has 0 spiro atoms. The summed E-state index contributed by atoms with van der Waals surface area (Å²) in [6.07, 6.45) is 1.89. The van der Waals surface area contributed by atoms with Gasteiger partial charge in [-0.3, -0.25) is 9.59 Å². The molecule has 1 N–H and O–H groups in total. The van der Waals surface area contributed by atoms with Gasteiger partial charge in [0.25, 0.3) is 0 Å². The summed E-state index contributed by atoms with van der Waals surface area (Å²) in [4.78, 5) is 32.1. The second-order valence-electron chi connectivity index (χ2n) is 3.68. The zero-order chi connectivity index (χ0) is 12.4. The van der Waals surface area contributed by atoms with Crippen molar-refractivity contribution >= 4 is 29.6 Å². The van der Waals surface area contributed by atoms with Crippen molar-refractivity contribution in [2.75, 3.05) is 18.0 Å². The van der Waals surface area contributed by atoms with E-state index in [4.69, 9.17) is 11.6 Å². The van der Waals surface area contributed by atoms with E-state index in [1.165, 1.54) is 6.33 Å². The van der Waals surface area contributed by atoms with Gasteiger partial charge in [-0.2, -0.15) is 0 Å². The van der Waals surface area contributed by atoms with E-state index in [9.17, 15) is 9.59 Å². The second kappa shape index (κ2) is 4.67. The third kappa shape index (κ3) is 2.08. The van der Waals surface area contributed by atoms with Crippen LogP contribution in [0, 0.1) is 0 Å². The fourth-order valence-corrected chi connectivity index (χ4v) is 1.94. The fourth-order valence-electron chi connectivity index (χ4n) is 1.77. The SMILES string of the molecule is CC1C(=O)NCCN1c1ncnc(Cl)c1C=O. The predicted octanol–water partition coefficient (Wildman–Crippen LogP) is 0.267. The lowest BCUT2D eigenvalue weighted by Gasteiger charge is -2.34. The molecule has 1 unspecified atom stereocenters. The zero-order valence-corrected chi connectivity index (χ0v) is 9.94. The van der Waals surface area contributed by atoms with Gasteiger partial charge in [-0.05, 0) is 6.92 Å². The highest BCUT2D eigenvalue weighted by molar-refractivity contribution is 6.32. The Bertz CT molecular complexity index is 466. The molecule has 6 nitrogen and oxygen atoms in total. The molecule has 7 heteroatoms.